The normalized spacial score (nSPS) is 14.7. The zero-order chi connectivity index (χ0) is 30.2. The largest absolute Gasteiger partial charge is 0.511 e. The lowest BCUT2D eigenvalue weighted by Gasteiger charge is -2.32. The third-order valence-electron chi connectivity index (χ3n) is 6.18. The smallest absolute Gasteiger partial charge is 0.434 e. The predicted octanol–water partition coefficient (Wildman–Crippen LogP) is 3.02. The Kier molecular flexibility index (Phi) is 10.9. The van der Waals surface area contributed by atoms with Crippen LogP contribution in [0, 0.1) is 17.5 Å². The zero-order valence-electron chi connectivity index (χ0n) is 22.1. The lowest BCUT2D eigenvalue weighted by atomic mass is 9.79. The van der Waals surface area contributed by atoms with Gasteiger partial charge in [-0.25, -0.2) is 32.5 Å². The molecule has 0 amide bonds. The molecule has 0 fully saturated rings. The van der Waals surface area contributed by atoms with Crippen LogP contribution in [0.1, 0.15) is 56.5 Å². The van der Waals surface area contributed by atoms with E-state index in [9.17, 15) is 27.6 Å². The summed E-state index contributed by atoms with van der Waals surface area (Å²) >= 11 is 0. The Morgan fingerprint density at radius 1 is 1.15 bits per heavy atom. The molecule has 2 aromatic heterocycles. The van der Waals surface area contributed by atoms with Gasteiger partial charge in [0, 0.05) is 29.6 Å². The standard InChI is InChI=1S/C24H29F3N5O8P/c1-16(22-21(27)11-28-13-29-22)24(34,19-7-6-18(25)10-20(19)26)12-32-15-31(14-30-32)17(2)40-23(33)38-8-4-3-5-9-39-41(35,36)37/h6-7,10-11,13-17,34H,3-5,8-9,12H2,1-2H3,(H-,35,36,37)/p+1/t16-,17?,24+/m0/s1. The van der Waals surface area contributed by atoms with Gasteiger partial charge in [0.1, 0.15) is 30.1 Å². The maximum absolute atomic E-state index is 14.9. The number of aromatic nitrogens is 5. The van der Waals surface area contributed by atoms with E-state index in [0.717, 1.165) is 24.7 Å². The molecule has 0 aliphatic heterocycles. The van der Waals surface area contributed by atoms with E-state index in [1.54, 1.807) is 0 Å². The van der Waals surface area contributed by atoms with Gasteiger partial charge >= 0.3 is 14.0 Å². The number of phosphoric ester groups is 1. The van der Waals surface area contributed by atoms with Crippen molar-refractivity contribution in [3.63, 3.8) is 0 Å². The molecule has 0 aliphatic carbocycles. The SMILES string of the molecule is CC(OC(=O)OCCCCCOP(=O)(O)O)[n+]1cnn(C[C@](O)(c2ccc(F)cc2F)[C@@H](C)c2ncncc2F)c1. The third kappa shape index (κ3) is 9.03. The Morgan fingerprint density at radius 3 is 2.56 bits per heavy atom. The molecule has 0 spiro atoms. The van der Waals surface area contributed by atoms with Gasteiger partial charge < -0.3 is 24.4 Å². The molecule has 2 heterocycles. The summed E-state index contributed by atoms with van der Waals surface area (Å²) in [7, 11) is -4.51. The number of ether oxygens (including phenoxy) is 2. The minimum atomic E-state index is -4.51. The molecular weight excluding hydrogens is 574 g/mol. The topological polar surface area (TPSA) is 170 Å². The van der Waals surface area contributed by atoms with Crippen LogP contribution in [0.2, 0.25) is 0 Å². The van der Waals surface area contributed by atoms with E-state index in [1.165, 1.54) is 35.8 Å². The Labute approximate surface area is 232 Å². The monoisotopic (exact) mass is 604 g/mol. The lowest BCUT2D eigenvalue weighted by molar-refractivity contribution is -0.754. The number of rotatable bonds is 14. The van der Waals surface area contributed by atoms with Crippen LogP contribution in [0.15, 0.2) is 43.4 Å². The summed E-state index contributed by atoms with van der Waals surface area (Å²) in [6.07, 6.45) is 3.96. The second-order valence-corrected chi connectivity index (χ2v) is 10.4. The Bertz CT molecular complexity index is 1380. The van der Waals surface area contributed by atoms with E-state index in [0.29, 0.717) is 25.3 Å². The van der Waals surface area contributed by atoms with Crippen LogP contribution in [0.25, 0.3) is 0 Å². The Hall–Kier alpha value is -3.43. The van der Waals surface area contributed by atoms with E-state index < -0.39 is 55.7 Å². The molecule has 13 nitrogen and oxygen atoms in total. The minimum Gasteiger partial charge on any atom is -0.434 e. The van der Waals surface area contributed by atoms with Crippen molar-refractivity contribution in [1.29, 1.82) is 0 Å². The zero-order valence-corrected chi connectivity index (χ0v) is 23.0. The highest BCUT2D eigenvalue weighted by atomic mass is 31.2. The summed E-state index contributed by atoms with van der Waals surface area (Å²) < 4.78 is 70.7. The first-order valence-electron chi connectivity index (χ1n) is 12.4. The van der Waals surface area contributed by atoms with Crippen LogP contribution in [0.5, 0.6) is 0 Å². The molecule has 1 aromatic carbocycles. The molecule has 224 valence electrons. The van der Waals surface area contributed by atoms with Gasteiger partial charge in [0.15, 0.2) is 5.82 Å². The van der Waals surface area contributed by atoms with E-state index in [4.69, 9.17) is 19.3 Å². The van der Waals surface area contributed by atoms with Gasteiger partial charge in [-0.2, -0.15) is 4.57 Å². The number of phosphoric acid groups is 1. The van der Waals surface area contributed by atoms with Crippen molar-refractivity contribution in [3.8, 4) is 0 Å². The van der Waals surface area contributed by atoms with Crippen LogP contribution >= 0.6 is 7.82 Å². The average Bonchev–Trinajstić information content (AvgIpc) is 3.35. The Balaban J connectivity index is 1.65. The predicted molar refractivity (Wildman–Crippen MR) is 132 cm³/mol. The van der Waals surface area contributed by atoms with Gasteiger partial charge in [0.05, 0.1) is 25.1 Å². The number of halogens is 3. The summed E-state index contributed by atoms with van der Waals surface area (Å²) in [5, 5.41) is 15.9. The summed E-state index contributed by atoms with van der Waals surface area (Å²) in [6, 6.07) is 2.63. The third-order valence-corrected chi connectivity index (χ3v) is 6.70. The van der Waals surface area contributed by atoms with Gasteiger partial charge in [0.2, 0.25) is 12.6 Å². The van der Waals surface area contributed by atoms with Crippen molar-refractivity contribution in [1.82, 2.24) is 19.7 Å². The quantitative estimate of drug-likeness (QED) is 0.107. The van der Waals surface area contributed by atoms with Gasteiger partial charge in [-0.3, -0.25) is 4.52 Å². The summed E-state index contributed by atoms with van der Waals surface area (Å²) in [5.41, 5.74) is -2.66. The molecule has 3 N–H and O–H groups in total. The number of hydrogen-bond donors (Lipinski definition) is 3. The fraction of sp³-hybridized carbons (Fsp3) is 0.458. The van der Waals surface area contributed by atoms with Crippen LogP contribution < -0.4 is 4.57 Å². The second-order valence-electron chi connectivity index (χ2n) is 9.12. The highest BCUT2D eigenvalue weighted by molar-refractivity contribution is 7.46. The van der Waals surface area contributed by atoms with E-state index >= 15 is 0 Å². The molecule has 0 aliphatic rings. The molecule has 17 heteroatoms. The van der Waals surface area contributed by atoms with Gasteiger partial charge in [-0.1, -0.05) is 13.0 Å². The molecular formula is C24H30F3N5O8P+. The molecule has 3 atom stereocenters. The molecule has 3 aromatic rings. The molecule has 3 rings (SSSR count). The first-order chi connectivity index (χ1) is 19.3. The minimum absolute atomic E-state index is 0.000845. The summed E-state index contributed by atoms with van der Waals surface area (Å²) in [6.45, 7) is 2.38. The fourth-order valence-corrected chi connectivity index (χ4v) is 4.34. The molecule has 0 bridgehead atoms. The van der Waals surface area contributed by atoms with Crippen molar-refractivity contribution in [2.24, 2.45) is 0 Å². The van der Waals surface area contributed by atoms with Crippen LogP contribution in [-0.4, -0.2) is 54.0 Å². The van der Waals surface area contributed by atoms with Crippen molar-refractivity contribution >= 4 is 14.0 Å². The number of nitrogens with zero attached hydrogens (tertiary/aromatic N) is 5. The highest BCUT2D eigenvalue weighted by Crippen LogP contribution is 2.39. The van der Waals surface area contributed by atoms with Crippen molar-refractivity contribution in [2.45, 2.75) is 57.4 Å². The number of carbonyl (C=O) groups is 1. The second kappa shape index (κ2) is 14.0. The van der Waals surface area contributed by atoms with Crippen molar-refractivity contribution in [3.05, 3.63) is 72.1 Å². The number of aliphatic hydroxyl groups is 1. The average molecular weight is 604 g/mol. The first kappa shape index (κ1) is 32.1. The molecule has 1 unspecified atom stereocenters. The molecule has 0 saturated carbocycles. The number of carbonyl (C=O) groups excluding carboxylic acids is 1. The van der Waals surface area contributed by atoms with Crippen molar-refractivity contribution in [2.75, 3.05) is 13.2 Å². The molecule has 41 heavy (non-hydrogen) atoms. The fourth-order valence-electron chi connectivity index (χ4n) is 3.97. The number of hydrogen-bond acceptors (Lipinski definition) is 9. The summed E-state index contributed by atoms with van der Waals surface area (Å²) in [5.74, 6) is -3.89. The molecule has 0 saturated heterocycles. The molecule has 0 radical (unpaired) electrons. The van der Waals surface area contributed by atoms with Gasteiger partial charge in [-0.15, -0.1) is 4.68 Å². The van der Waals surface area contributed by atoms with Gasteiger partial charge in [0.25, 0.3) is 6.33 Å². The van der Waals surface area contributed by atoms with E-state index in [2.05, 4.69) is 19.6 Å². The lowest BCUT2D eigenvalue weighted by Crippen LogP contribution is -2.41. The maximum Gasteiger partial charge on any atom is 0.511 e. The maximum atomic E-state index is 14.9. The van der Waals surface area contributed by atoms with Crippen LogP contribution in [0.4, 0.5) is 18.0 Å². The highest BCUT2D eigenvalue weighted by Gasteiger charge is 2.43. The van der Waals surface area contributed by atoms with Crippen LogP contribution in [-0.2, 0) is 30.7 Å². The van der Waals surface area contributed by atoms with Crippen LogP contribution in [0.3, 0.4) is 0 Å². The Morgan fingerprint density at radius 2 is 1.88 bits per heavy atom. The number of unbranched alkanes of at least 4 members (excludes halogenated alkanes) is 2. The van der Waals surface area contributed by atoms with E-state index in [1.807, 2.05) is 0 Å². The van der Waals surface area contributed by atoms with Crippen molar-refractivity contribution < 1.29 is 56.0 Å². The first-order valence-corrected chi connectivity index (χ1v) is 13.9. The van der Waals surface area contributed by atoms with Gasteiger partial charge in [-0.05, 0) is 25.3 Å². The number of benzene rings is 1. The van der Waals surface area contributed by atoms with E-state index in [-0.39, 0.29) is 24.5 Å². The summed E-state index contributed by atoms with van der Waals surface area (Å²) in [4.78, 5) is 36.8.